The molecule has 0 fully saturated rings. The Labute approximate surface area is 150 Å². The van der Waals surface area contributed by atoms with E-state index in [1.165, 1.54) is 21.0 Å². The number of nitroso groups, excluding NO2 is 2. The summed E-state index contributed by atoms with van der Waals surface area (Å²) < 4.78 is 4.20. The summed E-state index contributed by atoms with van der Waals surface area (Å²) in [7, 11) is 1.34. The van der Waals surface area contributed by atoms with Gasteiger partial charge in [-0.05, 0) is 38.0 Å². The number of nitrogens with zero attached hydrogens (tertiary/aromatic N) is 2. The number of carbonyl (C=O) groups excluding carboxylic acids is 1. The molecule has 0 spiro atoms. The van der Waals surface area contributed by atoms with E-state index in [0.717, 1.165) is 0 Å². The van der Waals surface area contributed by atoms with Crippen LogP contribution in [-0.4, -0.2) is 29.0 Å². The number of methoxy groups -OCH3 is 1. The van der Waals surface area contributed by atoms with Crippen LogP contribution in [-0.2, 0) is 26.3 Å². The van der Waals surface area contributed by atoms with Gasteiger partial charge in [-0.2, -0.15) is 0 Å². The first kappa shape index (κ1) is 33.7. The zero-order valence-electron chi connectivity index (χ0n) is 14.2. The molecule has 0 aliphatic rings. The third kappa shape index (κ3) is 22.4. The van der Waals surface area contributed by atoms with Gasteiger partial charge in [-0.3, -0.25) is 26.2 Å². The van der Waals surface area contributed by atoms with Crippen LogP contribution in [0.3, 0.4) is 0 Å². The Kier molecular flexibility index (Phi) is 32.8. The molecule has 11 nitrogen and oxygen atoms in total. The molecule has 0 rings (SSSR count). The molecule has 0 aromatic carbocycles. The van der Waals surface area contributed by atoms with Gasteiger partial charge in [0.15, 0.2) is 0 Å². The monoisotopic (exact) mass is 396 g/mol. The number of esters is 1. The van der Waals surface area contributed by atoms with Gasteiger partial charge in [0.05, 0.1) is 18.5 Å². The molecule has 0 bridgehead atoms. The van der Waals surface area contributed by atoms with Crippen molar-refractivity contribution in [2.24, 2.45) is 10.4 Å². The quantitative estimate of drug-likeness (QED) is 0.233. The van der Waals surface area contributed by atoms with Crippen molar-refractivity contribution in [1.29, 1.82) is 0 Å². The van der Waals surface area contributed by atoms with Crippen molar-refractivity contribution >= 4 is 5.97 Å². The SMILES string of the molecule is CC(N=O)=C(C)NO.CC(N=O)=C(C)NO.O.[CH2-]CC(=O)OC.[Co]. The molecule has 0 unspecified atom stereocenters. The topological polar surface area (TPSA) is 181 Å². The van der Waals surface area contributed by atoms with Crippen molar-refractivity contribution in [2.45, 2.75) is 34.1 Å². The van der Waals surface area contributed by atoms with Crippen molar-refractivity contribution < 1.29 is 42.2 Å². The minimum atomic E-state index is -0.269. The van der Waals surface area contributed by atoms with Crippen LogP contribution in [0.2, 0.25) is 0 Å². The van der Waals surface area contributed by atoms with Crippen molar-refractivity contribution in [2.75, 3.05) is 7.11 Å². The Morgan fingerprint density at radius 2 is 1.29 bits per heavy atom. The van der Waals surface area contributed by atoms with E-state index in [4.69, 9.17) is 10.4 Å². The van der Waals surface area contributed by atoms with Crippen LogP contribution in [0, 0.1) is 16.7 Å². The van der Waals surface area contributed by atoms with E-state index in [2.05, 4.69) is 22.0 Å². The van der Waals surface area contributed by atoms with Crippen LogP contribution in [0.15, 0.2) is 33.1 Å². The summed E-state index contributed by atoms with van der Waals surface area (Å²) in [6, 6.07) is 0. The molecule has 0 aliphatic carbocycles. The predicted molar refractivity (Wildman–Crippen MR) is 83.8 cm³/mol. The Balaban J connectivity index is -0.0000000730. The zero-order valence-corrected chi connectivity index (χ0v) is 15.2. The fraction of sp³-hybridized carbons (Fsp3) is 0.500. The molecule has 0 amide bonds. The zero-order chi connectivity index (χ0) is 18.1. The van der Waals surface area contributed by atoms with E-state index in [1.54, 1.807) is 24.8 Å². The number of carbonyl (C=O) groups is 1. The minimum absolute atomic E-state index is 0. The van der Waals surface area contributed by atoms with E-state index < -0.39 is 0 Å². The van der Waals surface area contributed by atoms with Gasteiger partial charge in [0.1, 0.15) is 11.4 Å². The second-order valence-corrected chi connectivity index (χ2v) is 3.65. The number of hydroxylamine groups is 2. The van der Waals surface area contributed by atoms with Gasteiger partial charge in [0.25, 0.3) is 5.97 Å². The van der Waals surface area contributed by atoms with E-state index in [0.29, 0.717) is 11.4 Å². The molecule has 0 saturated carbocycles. The second kappa shape index (κ2) is 23.4. The van der Waals surface area contributed by atoms with Gasteiger partial charge in [-0.1, -0.05) is 6.42 Å². The predicted octanol–water partition coefficient (Wildman–Crippen LogP) is 1.52. The summed E-state index contributed by atoms with van der Waals surface area (Å²) in [5, 5.41) is 21.4. The molecular formula is C12H25CoN4O7-. The minimum Gasteiger partial charge on any atom is -0.471 e. The number of hydrogen-bond donors (Lipinski definition) is 4. The first-order valence-corrected chi connectivity index (χ1v) is 5.93. The Hall–Kier alpha value is -1.86. The molecule has 12 heteroatoms. The number of ether oxygens (including phenoxy) is 1. The van der Waals surface area contributed by atoms with E-state index >= 15 is 0 Å². The normalized spacial score (nSPS) is 10.2. The average molecular weight is 396 g/mol. The maximum Gasteiger partial charge on any atom is 0.275 e. The largest absolute Gasteiger partial charge is 0.471 e. The third-order valence-electron chi connectivity index (χ3n) is 2.13. The van der Waals surface area contributed by atoms with Gasteiger partial charge in [-0.15, -0.1) is 9.81 Å². The molecule has 145 valence electrons. The van der Waals surface area contributed by atoms with E-state index in [1.807, 2.05) is 0 Å². The molecule has 0 aromatic rings. The van der Waals surface area contributed by atoms with E-state index in [-0.39, 0.29) is 46.0 Å². The molecule has 24 heavy (non-hydrogen) atoms. The third-order valence-corrected chi connectivity index (χ3v) is 2.13. The second-order valence-electron chi connectivity index (χ2n) is 3.65. The molecule has 0 heterocycles. The molecule has 0 atom stereocenters. The number of hydrogen-bond acceptors (Lipinski definition) is 10. The summed E-state index contributed by atoms with van der Waals surface area (Å²) in [5.74, 6) is -0.269. The molecule has 6 N–H and O–H groups in total. The van der Waals surface area contributed by atoms with Crippen molar-refractivity contribution in [3.05, 3.63) is 39.5 Å². The standard InChI is InChI=1S/2C4H8N2O2.C4H7O2.Co.H2O/c2*1-3(5-7)4(2)6-8;1-3-4(5)6-2;;/h2*5,7H,1-2H3;1,3H2,2H3;;1H2/q;;-1;;. The summed E-state index contributed by atoms with van der Waals surface area (Å²) in [5.41, 5.74) is 4.87. The number of rotatable bonds is 5. The van der Waals surface area contributed by atoms with E-state index in [9.17, 15) is 14.6 Å². The van der Waals surface area contributed by atoms with Crippen molar-refractivity contribution in [1.82, 2.24) is 11.0 Å². The van der Waals surface area contributed by atoms with Gasteiger partial charge in [-0.25, -0.2) is 0 Å². The molecule has 1 radical (unpaired) electrons. The van der Waals surface area contributed by atoms with Crippen LogP contribution < -0.4 is 11.0 Å². The summed E-state index contributed by atoms with van der Waals surface area (Å²) >= 11 is 0. The summed E-state index contributed by atoms with van der Waals surface area (Å²) in [6.45, 7) is 9.40. The van der Waals surface area contributed by atoms with Crippen molar-refractivity contribution in [3.63, 3.8) is 0 Å². The first-order valence-electron chi connectivity index (χ1n) is 5.93. The Morgan fingerprint density at radius 3 is 1.33 bits per heavy atom. The number of nitrogens with one attached hydrogen (secondary N) is 2. The van der Waals surface area contributed by atoms with Crippen LogP contribution >= 0.6 is 0 Å². The van der Waals surface area contributed by atoms with Crippen LogP contribution in [0.25, 0.3) is 0 Å². The summed E-state index contributed by atoms with van der Waals surface area (Å²) in [6.07, 6.45) is 0.219. The maximum atomic E-state index is 9.90. The van der Waals surface area contributed by atoms with Gasteiger partial charge in [0.2, 0.25) is 0 Å². The molecule has 0 aliphatic heterocycles. The average Bonchev–Trinajstić information content (AvgIpc) is 2.58. The van der Waals surface area contributed by atoms with Gasteiger partial charge < -0.3 is 17.1 Å². The molecule has 0 aromatic heterocycles. The van der Waals surface area contributed by atoms with Crippen LogP contribution in [0.5, 0.6) is 0 Å². The fourth-order valence-electron chi connectivity index (χ4n) is 0.401. The van der Waals surface area contributed by atoms with Crippen LogP contribution in [0.4, 0.5) is 0 Å². The molecule has 0 saturated heterocycles. The smallest absolute Gasteiger partial charge is 0.275 e. The van der Waals surface area contributed by atoms with Crippen molar-refractivity contribution in [3.8, 4) is 0 Å². The van der Waals surface area contributed by atoms with Gasteiger partial charge in [0, 0.05) is 16.8 Å². The molecular weight excluding hydrogens is 371 g/mol. The Morgan fingerprint density at radius 1 is 1.00 bits per heavy atom. The van der Waals surface area contributed by atoms with Crippen LogP contribution in [0.1, 0.15) is 34.1 Å². The first-order chi connectivity index (χ1) is 10.2. The number of allylic oxidation sites excluding steroid dienone is 4. The summed E-state index contributed by atoms with van der Waals surface area (Å²) in [4.78, 5) is 29.2. The maximum absolute atomic E-state index is 9.90. The van der Waals surface area contributed by atoms with Gasteiger partial charge >= 0.3 is 0 Å². The Bertz CT molecular complexity index is 378. The fourth-order valence-corrected chi connectivity index (χ4v) is 0.401.